The molecule has 0 aliphatic heterocycles. The average Bonchev–Trinajstić information content (AvgIpc) is 3.26. The van der Waals surface area contributed by atoms with Gasteiger partial charge in [-0.2, -0.15) is 0 Å². The number of aromatic nitrogens is 2. The molecule has 0 aliphatic rings. The third-order valence-corrected chi connectivity index (χ3v) is 4.75. The molecule has 0 saturated heterocycles. The van der Waals surface area contributed by atoms with Gasteiger partial charge in [-0.05, 0) is 18.8 Å². The molecule has 0 aliphatic carbocycles. The summed E-state index contributed by atoms with van der Waals surface area (Å²) in [6.07, 6.45) is 2.28. The summed E-state index contributed by atoms with van der Waals surface area (Å²) in [5, 5.41) is 34.1. The lowest BCUT2D eigenvalue weighted by Gasteiger charge is -2.25. The van der Waals surface area contributed by atoms with Gasteiger partial charge in [-0.25, -0.2) is 9.78 Å². The second kappa shape index (κ2) is 13.9. The summed E-state index contributed by atoms with van der Waals surface area (Å²) in [7, 11) is 0. The van der Waals surface area contributed by atoms with Crippen LogP contribution in [0.3, 0.4) is 0 Å². The number of hydrogen-bond donors (Lipinski definition) is 8. The van der Waals surface area contributed by atoms with E-state index in [1.807, 2.05) is 19.2 Å². The summed E-state index contributed by atoms with van der Waals surface area (Å²) in [6.45, 7) is 2.85. The Morgan fingerprint density at radius 3 is 2.09 bits per heavy atom. The van der Waals surface area contributed by atoms with Crippen LogP contribution in [0.2, 0.25) is 0 Å². The Morgan fingerprint density at radius 2 is 1.59 bits per heavy atom. The molecule has 0 saturated carbocycles. The fourth-order valence-electron chi connectivity index (χ4n) is 2.99. The van der Waals surface area contributed by atoms with Crippen LogP contribution < -0.4 is 21.7 Å². The Kier molecular flexibility index (Phi) is 11.7. The fraction of sp³-hybridized carbons (Fsp3) is 0.600. The number of nitrogens with one attached hydrogen (secondary N) is 4. The standard InChI is InChI=1S/C20H32N6O8/c1-10(2)5-12(21)17(30)25-14(6-11-7-22-9-23-11)19(32)24-13(3-4-16(28)29)18(31)26-15(8-27)20(33)34/h7,9-10,12-15,27H,3-6,8,21H2,1-2H3,(H,22,23)(H,24,32)(H,25,30)(H,26,31)(H,28,29)(H,33,34). The zero-order valence-corrected chi connectivity index (χ0v) is 19.0. The topological polar surface area (TPSA) is 237 Å². The number of rotatable bonds is 15. The molecule has 34 heavy (non-hydrogen) atoms. The number of nitrogens with two attached hydrogens (primary N) is 1. The molecule has 14 heteroatoms. The van der Waals surface area contributed by atoms with Crippen molar-refractivity contribution in [3.05, 3.63) is 18.2 Å². The lowest BCUT2D eigenvalue weighted by atomic mass is 10.0. The van der Waals surface area contributed by atoms with Gasteiger partial charge in [0.25, 0.3) is 0 Å². The first-order valence-corrected chi connectivity index (χ1v) is 10.6. The van der Waals surface area contributed by atoms with Gasteiger partial charge in [0, 0.05) is 24.7 Å². The van der Waals surface area contributed by atoms with Crippen molar-refractivity contribution in [1.29, 1.82) is 0 Å². The summed E-state index contributed by atoms with van der Waals surface area (Å²) < 4.78 is 0. The fourth-order valence-corrected chi connectivity index (χ4v) is 2.99. The molecular formula is C20H32N6O8. The number of carbonyl (C=O) groups is 5. The SMILES string of the molecule is CC(C)CC(N)C(=O)NC(Cc1cnc[nH]1)C(=O)NC(CCC(=O)O)C(=O)NC(CO)C(=O)O. The van der Waals surface area contributed by atoms with E-state index in [1.54, 1.807) is 0 Å². The van der Waals surface area contributed by atoms with Crippen LogP contribution in [0, 0.1) is 5.92 Å². The van der Waals surface area contributed by atoms with Gasteiger partial charge in [0.15, 0.2) is 0 Å². The summed E-state index contributed by atoms with van der Waals surface area (Å²) >= 11 is 0. The number of aromatic amines is 1. The first-order valence-electron chi connectivity index (χ1n) is 10.6. The van der Waals surface area contributed by atoms with Crippen molar-refractivity contribution >= 4 is 29.7 Å². The van der Waals surface area contributed by atoms with Gasteiger partial charge < -0.3 is 42.0 Å². The molecule has 0 radical (unpaired) electrons. The number of amides is 3. The molecule has 1 heterocycles. The minimum Gasteiger partial charge on any atom is -0.481 e. The molecular weight excluding hydrogens is 452 g/mol. The molecule has 14 nitrogen and oxygen atoms in total. The van der Waals surface area contributed by atoms with Crippen molar-refractivity contribution in [2.75, 3.05) is 6.61 Å². The van der Waals surface area contributed by atoms with Crippen LogP contribution in [0.25, 0.3) is 0 Å². The van der Waals surface area contributed by atoms with Gasteiger partial charge in [-0.3, -0.25) is 19.2 Å². The number of hydrogen-bond acceptors (Lipinski definition) is 8. The van der Waals surface area contributed by atoms with E-state index < -0.39 is 66.9 Å². The minimum atomic E-state index is -1.65. The summed E-state index contributed by atoms with van der Waals surface area (Å²) in [6, 6.07) is -5.17. The van der Waals surface area contributed by atoms with Crippen LogP contribution in [0.15, 0.2) is 12.5 Å². The molecule has 0 spiro atoms. The molecule has 190 valence electrons. The third-order valence-electron chi connectivity index (χ3n) is 4.75. The predicted octanol–water partition coefficient (Wildman–Crippen LogP) is -2.28. The van der Waals surface area contributed by atoms with E-state index in [2.05, 4.69) is 20.6 Å². The van der Waals surface area contributed by atoms with Crippen molar-refractivity contribution in [1.82, 2.24) is 25.9 Å². The highest BCUT2D eigenvalue weighted by atomic mass is 16.4. The number of carbonyl (C=O) groups excluding carboxylic acids is 3. The first kappa shape index (κ1) is 28.5. The third kappa shape index (κ3) is 9.95. The van der Waals surface area contributed by atoms with Crippen molar-refractivity contribution in [2.24, 2.45) is 11.7 Å². The van der Waals surface area contributed by atoms with Gasteiger partial charge in [0.1, 0.15) is 18.1 Å². The zero-order chi connectivity index (χ0) is 25.8. The molecule has 3 amide bonds. The van der Waals surface area contributed by atoms with Crippen LogP contribution in [-0.4, -0.2) is 85.7 Å². The average molecular weight is 485 g/mol. The normalized spacial score (nSPS) is 14.5. The Hall–Kier alpha value is -3.52. The summed E-state index contributed by atoms with van der Waals surface area (Å²) in [4.78, 5) is 66.8. The number of aliphatic hydroxyl groups excluding tert-OH is 1. The Morgan fingerprint density at radius 1 is 1.00 bits per heavy atom. The van der Waals surface area contributed by atoms with E-state index in [-0.39, 0.29) is 18.8 Å². The number of aliphatic carboxylic acids is 2. The maximum atomic E-state index is 13.0. The predicted molar refractivity (Wildman–Crippen MR) is 117 cm³/mol. The monoisotopic (exact) mass is 484 g/mol. The van der Waals surface area contributed by atoms with Crippen molar-refractivity contribution in [2.45, 2.75) is 63.7 Å². The van der Waals surface area contributed by atoms with Crippen molar-refractivity contribution in [3.8, 4) is 0 Å². The van der Waals surface area contributed by atoms with Gasteiger partial charge in [-0.1, -0.05) is 13.8 Å². The molecule has 0 fully saturated rings. The smallest absolute Gasteiger partial charge is 0.328 e. The van der Waals surface area contributed by atoms with Crippen LogP contribution in [0.4, 0.5) is 0 Å². The number of carboxylic acids is 2. The molecule has 1 aromatic heterocycles. The van der Waals surface area contributed by atoms with Gasteiger partial charge in [0.05, 0.1) is 19.0 Å². The van der Waals surface area contributed by atoms with Crippen LogP contribution in [-0.2, 0) is 30.4 Å². The number of nitrogens with zero attached hydrogens (tertiary/aromatic N) is 1. The molecule has 9 N–H and O–H groups in total. The maximum Gasteiger partial charge on any atom is 0.328 e. The van der Waals surface area contributed by atoms with E-state index >= 15 is 0 Å². The quantitative estimate of drug-likeness (QED) is 0.133. The van der Waals surface area contributed by atoms with E-state index in [0.717, 1.165) is 0 Å². The highest BCUT2D eigenvalue weighted by molar-refractivity contribution is 5.94. The van der Waals surface area contributed by atoms with Crippen LogP contribution in [0.1, 0.15) is 38.8 Å². The number of imidazole rings is 1. The number of aliphatic hydroxyl groups is 1. The lowest BCUT2D eigenvalue weighted by molar-refractivity contribution is -0.144. The highest BCUT2D eigenvalue weighted by Gasteiger charge is 2.31. The molecule has 4 atom stereocenters. The summed E-state index contributed by atoms with van der Waals surface area (Å²) in [5.74, 6) is -5.04. The number of carboxylic acid groups (broad SMARTS) is 2. The largest absolute Gasteiger partial charge is 0.481 e. The van der Waals surface area contributed by atoms with Gasteiger partial charge in [0.2, 0.25) is 17.7 Å². The molecule has 1 aromatic rings. The Bertz CT molecular complexity index is 844. The Balaban J connectivity index is 3.04. The Labute approximate surface area is 195 Å². The summed E-state index contributed by atoms with van der Waals surface area (Å²) in [5.41, 5.74) is 6.39. The second-order valence-electron chi connectivity index (χ2n) is 8.15. The van der Waals surface area contributed by atoms with Crippen LogP contribution >= 0.6 is 0 Å². The van der Waals surface area contributed by atoms with Gasteiger partial charge >= 0.3 is 11.9 Å². The van der Waals surface area contributed by atoms with E-state index in [0.29, 0.717) is 12.1 Å². The lowest BCUT2D eigenvalue weighted by Crippen LogP contribution is -2.58. The molecule has 0 bridgehead atoms. The van der Waals surface area contributed by atoms with Crippen LogP contribution in [0.5, 0.6) is 0 Å². The van der Waals surface area contributed by atoms with Gasteiger partial charge in [-0.15, -0.1) is 0 Å². The number of H-pyrrole nitrogens is 1. The van der Waals surface area contributed by atoms with E-state index in [9.17, 15) is 24.0 Å². The first-order chi connectivity index (χ1) is 15.9. The molecule has 0 aromatic carbocycles. The van der Waals surface area contributed by atoms with Crippen molar-refractivity contribution in [3.63, 3.8) is 0 Å². The highest BCUT2D eigenvalue weighted by Crippen LogP contribution is 2.06. The zero-order valence-electron chi connectivity index (χ0n) is 19.0. The second-order valence-corrected chi connectivity index (χ2v) is 8.15. The van der Waals surface area contributed by atoms with Crippen molar-refractivity contribution < 1.29 is 39.3 Å². The molecule has 4 unspecified atom stereocenters. The molecule has 1 rings (SSSR count). The van der Waals surface area contributed by atoms with E-state index in [1.165, 1.54) is 12.5 Å². The minimum absolute atomic E-state index is 0.0341. The van der Waals surface area contributed by atoms with E-state index in [4.69, 9.17) is 21.1 Å². The maximum absolute atomic E-state index is 13.0.